The number of nitrogens with two attached hydrogens (primary N) is 1. The van der Waals surface area contributed by atoms with Gasteiger partial charge in [0.2, 0.25) is 0 Å². The van der Waals surface area contributed by atoms with Gasteiger partial charge in [-0.3, -0.25) is 15.6 Å². The number of rotatable bonds is 7. The Balaban J connectivity index is 1.62. The van der Waals surface area contributed by atoms with Gasteiger partial charge in [0.25, 0.3) is 5.91 Å². The van der Waals surface area contributed by atoms with Crippen LogP contribution in [0.25, 0.3) is 10.8 Å². The molecule has 4 N–H and O–H groups in total. The maximum atomic E-state index is 12.6. The van der Waals surface area contributed by atoms with E-state index in [-0.39, 0.29) is 5.91 Å². The van der Waals surface area contributed by atoms with Crippen LogP contribution < -0.4 is 26.2 Å². The number of benzene rings is 3. The van der Waals surface area contributed by atoms with Gasteiger partial charge in [-0.1, -0.05) is 48.5 Å². The number of methoxy groups -OCH3 is 1. The summed E-state index contributed by atoms with van der Waals surface area (Å²) < 4.78 is 5.25. The van der Waals surface area contributed by atoms with Crippen LogP contribution in [0.4, 0.5) is 23.0 Å². The Hall–Kier alpha value is -4.33. The minimum absolute atomic E-state index is 0.303. The molecule has 0 unspecified atom stereocenters. The maximum Gasteiger partial charge on any atom is 0.273 e. The van der Waals surface area contributed by atoms with Gasteiger partial charge in [-0.2, -0.15) is 0 Å². The van der Waals surface area contributed by atoms with E-state index in [2.05, 4.69) is 39.0 Å². The lowest BCUT2D eigenvalue weighted by Crippen LogP contribution is -2.31. The van der Waals surface area contributed by atoms with E-state index in [9.17, 15) is 4.79 Å². The van der Waals surface area contributed by atoms with Crippen LogP contribution in [0.2, 0.25) is 0 Å². The number of hydrogen-bond acceptors (Lipinski definition) is 7. The van der Waals surface area contributed by atoms with Gasteiger partial charge in [-0.05, 0) is 30.5 Å². The van der Waals surface area contributed by atoms with Crippen molar-refractivity contribution >= 4 is 39.7 Å². The number of para-hydroxylation sites is 1. The van der Waals surface area contributed by atoms with Crippen LogP contribution in [0.15, 0.2) is 73.1 Å². The zero-order chi connectivity index (χ0) is 22.5. The average molecular weight is 428 g/mol. The smallest absolute Gasteiger partial charge is 0.273 e. The molecule has 4 rings (SSSR count). The molecule has 0 bridgehead atoms. The summed E-state index contributed by atoms with van der Waals surface area (Å²) in [5.74, 6) is 0.949. The van der Waals surface area contributed by atoms with Crippen molar-refractivity contribution in [2.75, 3.05) is 29.7 Å². The van der Waals surface area contributed by atoms with Gasteiger partial charge in [0.05, 0.1) is 18.4 Å². The van der Waals surface area contributed by atoms with E-state index in [0.717, 1.165) is 16.5 Å². The molecule has 0 atom stereocenters. The van der Waals surface area contributed by atoms with Crippen LogP contribution in [0.3, 0.4) is 0 Å². The molecule has 0 aliphatic rings. The molecule has 0 spiro atoms. The van der Waals surface area contributed by atoms with Crippen molar-refractivity contribution in [3.05, 3.63) is 78.6 Å². The van der Waals surface area contributed by atoms with E-state index in [0.29, 0.717) is 35.2 Å². The minimum Gasteiger partial charge on any atom is -0.496 e. The van der Waals surface area contributed by atoms with Gasteiger partial charge in [-0.25, -0.2) is 9.97 Å². The van der Waals surface area contributed by atoms with Crippen LogP contribution in [0.5, 0.6) is 5.75 Å². The zero-order valence-corrected chi connectivity index (χ0v) is 17.9. The third kappa shape index (κ3) is 3.98. The molecule has 8 heteroatoms. The van der Waals surface area contributed by atoms with Crippen LogP contribution >= 0.6 is 0 Å². The van der Waals surface area contributed by atoms with Gasteiger partial charge >= 0.3 is 0 Å². The predicted molar refractivity (Wildman–Crippen MR) is 127 cm³/mol. The molecule has 0 aliphatic carbocycles. The molecule has 1 amide bonds. The number of nitrogens with one attached hydrogen (secondary N) is 2. The van der Waals surface area contributed by atoms with Crippen molar-refractivity contribution in [2.45, 2.75) is 6.92 Å². The van der Waals surface area contributed by atoms with Gasteiger partial charge in [-0.15, -0.1) is 0 Å². The van der Waals surface area contributed by atoms with E-state index in [1.165, 1.54) is 13.4 Å². The molecule has 0 aliphatic heterocycles. The summed E-state index contributed by atoms with van der Waals surface area (Å²) in [6.45, 7) is 2.67. The fourth-order valence-electron chi connectivity index (χ4n) is 3.59. The number of nitrogens with zero attached hydrogens (tertiary/aromatic N) is 3. The summed E-state index contributed by atoms with van der Waals surface area (Å²) in [7, 11) is 1.51. The molecule has 4 aromatic rings. The molecule has 3 aromatic carbocycles. The van der Waals surface area contributed by atoms with Crippen LogP contribution in [-0.4, -0.2) is 29.5 Å². The molecule has 1 heterocycles. The number of aromatic nitrogens is 2. The summed E-state index contributed by atoms with van der Waals surface area (Å²) >= 11 is 0. The number of carbonyl (C=O) groups is 1. The predicted octanol–water partition coefficient (Wildman–Crippen LogP) is 4.14. The van der Waals surface area contributed by atoms with Crippen molar-refractivity contribution in [1.82, 2.24) is 15.4 Å². The van der Waals surface area contributed by atoms with Crippen molar-refractivity contribution in [3.8, 4) is 5.75 Å². The fraction of sp³-hybridized carbons (Fsp3) is 0.125. The van der Waals surface area contributed by atoms with Crippen molar-refractivity contribution in [1.29, 1.82) is 0 Å². The third-order valence-corrected chi connectivity index (χ3v) is 5.14. The van der Waals surface area contributed by atoms with Crippen molar-refractivity contribution < 1.29 is 9.53 Å². The molecule has 8 nitrogen and oxygen atoms in total. The lowest BCUT2D eigenvalue weighted by atomic mass is 10.1. The largest absolute Gasteiger partial charge is 0.496 e. The number of anilines is 4. The Labute approximate surface area is 186 Å². The summed E-state index contributed by atoms with van der Waals surface area (Å²) in [4.78, 5) is 23.2. The maximum absolute atomic E-state index is 12.6. The fourth-order valence-corrected chi connectivity index (χ4v) is 3.59. The molecular weight excluding hydrogens is 404 g/mol. The minimum atomic E-state index is -0.372. The Morgan fingerprint density at radius 2 is 1.78 bits per heavy atom. The number of nitrogen functional groups attached to an aromatic ring is 1. The van der Waals surface area contributed by atoms with E-state index in [1.807, 2.05) is 36.1 Å². The van der Waals surface area contributed by atoms with Gasteiger partial charge in [0.1, 0.15) is 17.8 Å². The topological polar surface area (TPSA) is 105 Å². The summed E-state index contributed by atoms with van der Waals surface area (Å²) in [6.07, 6.45) is 1.41. The van der Waals surface area contributed by atoms with Gasteiger partial charge in [0, 0.05) is 11.9 Å². The quantitative estimate of drug-likeness (QED) is 0.380. The average Bonchev–Trinajstić information content (AvgIpc) is 2.84. The monoisotopic (exact) mass is 428 g/mol. The standard InChI is InChI=1S/C24H24N6O2/c1-3-30(19-13-8-10-16-9-4-5-11-17(16)19)23-21(25)22(26-15-27-23)28-29-24(31)18-12-6-7-14-20(18)32-2/h4-15H,3,25H2,1-2H3,(H,29,31)(H,26,27,28). The van der Waals surface area contributed by atoms with Gasteiger partial charge in [0.15, 0.2) is 11.6 Å². The Morgan fingerprint density at radius 1 is 1.03 bits per heavy atom. The Morgan fingerprint density at radius 3 is 2.59 bits per heavy atom. The first-order chi connectivity index (χ1) is 15.6. The Kier molecular flexibility index (Phi) is 6.03. The van der Waals surface area contributed by atoms with Crippen LogP contribution in [-0.2, 0) is 0 Å². The third-order valence-electron chi connectivity index (χ3n) is 5.14. The first-order valence-corrected chi connectivity index (χ1v) is 10.2. The zero-order valence-electron chi connectivity index (χ0n) is 17.9. The summed E-state index contributed by atoms with van der Waals surface area (Å²) in [5, 5.41) is 2.22. The SMILES string of the molecule is CCN(c1ncnc(NNC(=O)c2ccccc2OC)c1N)c1cccc2ccccc12. The van der Waals surface area contributed by atoms with E-state index in [4.69, 9.17) is 10.5 Å². The molecule has 162 valence electrons. The second kappa shape index (κ2) is 9.22. The molecule has 0 radical (unpaired) electrons. The normalized spacial score (nSPS) is 10.6. The highest BCUT2D eigenvalue weighted by atomic mass is 16.5. The van der Waals surface area contributed by atoms with E-state index >= 15 is 0 Å². The van der Waals surface area contributed by atoms with Crippen LogP contribution in [0.1, 0.15) is 17.3 Å². The van der Waals surface area contributed by atoms with E-state index < -0.39 is 0 Å². The number of ether oxygens (including phenoxy) is 1. The van der Waals surface area contributed by atoms with Crippen LogP contribution in [0, 0.1) is 0 Å². The van der Waals surface area contributed by atoms with E-state index in [1.54, 1.807) is 24.3 Å². The number of fused-ring (bicyclic) bond motifs is 1. The molecule has 0 fully saturated rings. The number of hydrogen-bond donors (Lipinski definition) is 3. The molecule has 32 heavy (non-hydrogen) atoms. The molecular formula is C24H24N6O2. The summed E-state index contributed by atoms with van der Waals surface area (Å²) in [5.41, 5.74) is 13.6. The summed E-state index contributed by atoms with van der Waals surface area (Å²) in [6, 6.07) is 21.2. The highest BCUT2D eigenvalue weighted by Crippen LogP contribution is 2.35. The number of hydrazine groups is 1. The molecule has 1 aromatic heterocycles. The van der Waals surface area contributed by atoms with Crippen molar-refractivity contribution in [3.63, 3.8) is 0 Å². The lowest BCUT2D eigenvalue weighted by Gasteiger charge is -2.25. The van der Waals surface area contributed by atoms with Crippen molar-refractivity contribution in [2.24, 2.45) is 0 Å². The highest BCUT2D eigenvalue weighted by molar-refractivity contribution is 5.99. The molecule has 0 saturated carbocycles. The number of amides is 1. The molecule has 0 saturated heterocycles. The lowest BCUT2D eigenvalue weighted by molar-refractivity contribution is 0.0959. The second-order valence-corrected chi connectivity index (χ2v) is 6.98. The highest BCUT2D eigenvalue weighted by Gasteiger charge is 2.18. The van der Waals surface area contributed by atoms with Gasteiger partial charge < -0.3 is 15.4 Å². The first kappa shape index (κ1) is 20.9. The Bertz CT molecular complexity index is 1250. The first-order valence-electron chi connectivity index (χ1n) is 10.2. The second-order valence-electron chi connectivity index (χ2n) is 6.98. The number of carbonyl (C=O) groups excluding carboxylic acids is 1.